The lowest BCUT2D eigenvalue weighted by Gasteiger charge is -2.12. The summed E-state index contributed by atoms with van der Waals surface area (Å²) in [4.78, 5) is 15.4. The molecule has 0 atom stereocenters. The number of halogens is 2. The molecule has 0 radical (unpaired) electrons. The molecular formula is C17H11ClFNO3. The minimum Gasteiger partial charge on any atom is -0.496 e. The molecule has 0 saturated heterocycles. The third-order valence-electron chi connectivity index (χ3n) is 3.52. The Morgan fingerprint density at radius 1 is 1.26 bits per heavy atom. The van der Waals surface area contributed by atoms with Crippen molar-refractivity contribution in [2.24, 2.45) is 0 Å². The Hall–Kier alpha value is -2.66. The van der Waals surface area contributed by atoms with Gasteiger partial charge in [0.1, 0.15) is 11.6 Å². The van der Waals surface area contributed by atoms with Crippen LogP contribution in [0.25, 0.3) is 22.0 Å². The molecule has 6 heteroatoms. The molecular weight excluding hydrogens is 321 g/mol. The first-order chi connectivity index (χ1) is 11.0. The summed E-state index contributed by atoms with van der Waals surface area (Å²) in [6.07, 6.45) is 1.41. The maximum Gasteiger partial charge on any atom is 0.335 e. The molecule has 0 aliphatic carbocycles. The first-order valence-corrected chi connectivity index (χ1v) is 7.05. The summed E-state index contributed by atoms with van der Waals surface area (Å²) in [5.74, 6) is -1.29. The van der Waals surface area contributed by atoms with Gasteiger partial charge in [-0.25, -0.2) is 9.18 Å². The van der Waals surface area contributed by atoms with Crippen LogP contribution in [-0.4, -0.2) is 23.2 Å². The second-order valence-electron chi connectivity index (χ2n) is 4.84. The Morgan fingerprint density at radius 3 is 2.74 bits per heavy atom. The zero-order chi connectivity index (χ0) is 16.6. The fraction of sp³-hybridized carbons (Fsp3) is 0.0588. The summed E-state index contributed by atoms with van der Waals surface area (Å²) in [5.41, 5.74) is 0.514. The number of methoxy groups -OCH3 is 1. The highest BCUT2D eigenvalue weighted by molar-refractivity contribution is 6.35. The summed E-state index contributed by atoms with van der Waals surface area (Å²) in [6.45, 7) is 0. The molecule has 1 heterocycles. The minimum atomic E-state index is -1.08. The van der Waals surface area contributed by atoms with Crippen molar-refractivity contribution >= 4 is 28.3 Å². The lowest BCUT2D eigenvalue weighted by Crippen LogP contribution is -1.98. The second-order valence-corrected chi connectivity index (χ2v) is 5.24. The van der Waals surface area contributed by atoms with E-state index in [4.69, 9.17) is 16.3 Å². The van der Waals surface area contributed by atoms with Gasteiger partial charge in [-0.1, -0.05) is 23.7 Å². The summed E-state index contributed by atoms with van der Waals surface area (Å²) in [7, 11) is 1.43. The topological polar surface area (TPSA) is 59.4 Å². The molecule has 0 saturated carbocycles. The average Bonchev–Trinajstić information content (AvgIpc) is 2.55. The number of carboxylic acid groups (broad SMARTS) is 1. The molecule has 0 aliphatic heterocycles. The molecule has 116 valence electrons. The molecule has 23 heavy (non-hydrogen) atoms. The van der Waals surface area contributed by atoms with Crippen LogP contribution in [0.2, 0.25) is 5.02 Å². The summed E-state index contributed by atoms with van der Waals surface area (Å²) in [5, 5.41) is 10.6. The number of carboxylic acids is 1. The highest BCUT2D eigenvalue weighted by Gasteiger charge is 2.18. The van der Waals surface area contributed by atoms with E-state index >= 15 is 0 Å². The van der Waals surface area contributed by atoms with E-state index in [0.717, 1.165) is 0 Å². The van der Waals surface area contributed by atoms with Crippen molar-refractivity contribution in [1.29, 1.82) is 0 Å². The van der Waals surface area contributed by atoms with Crippen molar-refractivity contribution in [2.45, 2.75) is 0 Å². The number of hydrogen-bond acceptors (Lipinski definition) is 3. The number of ether oxygens (including phenoxy) is 1. The van der Waals surface area contributed by atoms with Gasteiger partial charge in [-0.05, 0) is 24.3 Å². The molecule has 3 aromatic rings. The predicted molar refractivity (Wildman–Crippen MR) is 85.7 cm³/mol. The Balaban J connectivity index is 2.41. The molecule has 0 unspecified atom stereocenters. The van der Waals surface area contributed by atoms with Crippen molar-refractivity contribution < 1.29 is 19.0 Å². The van der Waals surface area contributed by atoms with Crippen molar-refractivity contribution in [1.82, 2.24) is 4.98 Å². The molecule has 1 aromatic heterocycles. The molecule has 0 spiro atoms. The number of nitrogens with zero attached hydrogens (tertiary/aromatic N) is 1. The van der Waals surface area contributed by atoms with Gasteiger partial charge in [-0.2, -0.15) is 0 Å². The Labute approximate surface area is 136 Å². The number of rotatable bonds is 3. The highest BCUT2D eigenvalue weighted by atomic mass is 35.5. The number of carbonyl (C=O) groups is 1. The van der Waals surface area contributed by atoms with Crippen molar-refractivity contribution in [2.75, 3.05) is 7.11 Å². The minimum absolute atomic E-state index is 0.0677. The zero-order valence-corrected chi connectivity index (χ0v) is 12.8. The van der Waals surface area contributed by atoms with E-state index in [-0.39, 0.29) is 16.8 Å². The maximum absolute atomic E-state index is 14.3. The van der Waals surface area contributed by atoms with Gasteiger partial charge < -0.3 is 9.84 Å². The van der Waals surface area contributed by atoms with E-state index in [1.54, 1.807) is 12.1 Å². The fourth-order valence-corrected chi connectivity index (χ4v) is 2.66. The lowest BCUT2D eigenvalue weighted by atomic mass is 10.0. The summed E-state index contributed by atoms with van der Waals surface area (Å²) < 4.78 is 19.5. The fourth-order valence-electron chi connectivity index (χ4n) is 2.45. The van der Waals surface area contributed by atoms with Gasteiger partial charge in [0, 0.05) is 17.0 Å². The van der Waals surface area contributed by atoms with E-state index < -0.39 is 11.8 Å². The third kappa shape index (κ3) is 2.59. The number of pyridine rings is 1. The van der Waals surface area contributed by atoms with Gasteiger partial charge in [-0.3, -0.25) is 4.98 Å². The van der Waals surface area contributed by atoms with Gasteiger partial charge in [0.05, 0.1) is 29.0 Å². The molecule has 4 nitrogen and oxygen atoms in total. The largest absolute Gasteiger partial charge is 0.496 e. The molecule has 0 fully saturated rings. The first kappa shape index (κ1) is 15.2. The molecule has 0 amide bonds. The molecule has 1 N–H and O–H groups in total. The highest BCUT2D eigenvalue weighted by Crippen LogP contribution is 2.37. The monoisotopic (exact) mass is 331 g/mol. The quantitative estimate of drug-likeness (QED) is 0.772. The molecule has 3 rings (SSSR count). The summed E-state index contributed by atoms with van der Waals surface area (Å²) >= 11 is 6.13. The zero-order valence-electron chi connectivity index (χ0n) is 12.0. The first-order valence-electron chi connectivity index (χ1n) is 6.67. The number of hydrogen-bond donors (Lipinski definition) is 1. The Kier molecular flexibility index (Phi) is 3.88. The smallest absolute Gasteiger partial charge is 0.335 e. The Morgan fingerprint density at radius 2 is 2.04 bits per heavy atom. The van der Waals surface area contributed by atoms with Gasteiger partial charge >= 0.3 is 5.97 Å². The Bertz CT molecular complexity index is 927. The second kappa shape index (κ2) is 5.85. The predicted octanol–water partition coefficient (Wildman–Crippen LogP) is 4.40. The van der Waals surface area contributed by atoms with Crippen molar-refractivity contribution in [3.05, 3.63) is 59.0 Å². The van der Waals surface area contributed by atoms with Gasteiger partial charge in [0.15, 0.2) is 0 Å². The molecule has 0 aliphatic rings. The normalized spacial score (nSPS) is 10.7. The van der Waals surface area contributed by atoms with Crippen LogP contribution in [0.15, 0.2) is 42.6 Å². The summed E-state index contributed by atoms with van der Waals surface area (Å²) in [6, 6.07) is 8.89. The van der Waals surface area contributed by atoms with Gasteiger partial charge in [-0.15, -0.1) is 0 Å². The van der Waals surface area contributed by atoms with Crippen molar-refractivity contribution in [3.63, 3.8) is 0 Å². The number of fused-ring (bicyclic) bond motifs is 1. The van der Waals surface area contributed by atoms with E-state index in [1.807, 2.05) is 0 Å². The maximum atomic E-state index is 14.3. The van der Waals surface area contributed by atoms with Gasteiger partial charge in [0.2, 0.25) is 0 Å². The van der Waals surface area contributed by atoms with Crippen LogP contribution < -0.4 is 4.74 Å². The van der Waals surface area contributed by atoms with Crippen LogP contribution in [0.3, 0.4) is 0 Å². The van der Waals surface area contributed by atoms with E-state index in [1.165, 1.54) is 37.6 Å². The number of benzene rings is 2. The standard InChI is InChI=1S/C17H11ClFNO3/c1-23-14-4-2-3-13(19)15(14)16-11-7-9(17(21)22)5-6-10(11)12(18)8-20-16/h2-8H,1H3,(H,21,22). The van der Waals surface area contributed by atoms with E-state index in [2.05, 4.69) is 4.98 Å². The third-order valence-corrected chi connectivity index (χ3v) is 3.82. The number of aromatic carboxylic acids is 1. The SMILES string of the molecule is COc1cccc(F)c1-c1ncc(Cl)c2ccc(C(=O)O)cc12. The van der Waals surface area contributed by atoms with Crippen LogP contribution in [0.1, 0.15) is 10.4 Å². The number of aromatic nitrogens is 1. The van der Waals surface area contributed by atoms with Crippen LogP contribution in [0, 0.1) is 5.82 Å². The average molecular weight is 332 g/mol. The lowest BCUT2D eigenvalue weighted by molar-refractivity contribution is 0.0697. The van der Waals surface area contributed by atoms with Crippen LogP contribution in [-0.2, 0) is 0 Å². The van der Waals surface area contributed by atoms with E-state index in [0.29, 0.717) is 21.5 Å². The molecule has 0 bridgehead atoms. The van der Waals surface area contributed by atoms with E-state index in [9.17, 15) is 14.3 Å². The van der Waals surface area contributed by atoms with Crippen molar-refractivity contribution in [3.8, 4) is 17.0 Å². The van der Waals surface area contributed by atoms with Crippen LogP contribution in [0.5, 0.6) is 5.75 Å². The van der Waals surface area contributed by atoms with Gasteiger partial charge in [0.25, 0.3) is 0 Å². The molecule has 2 aromatic carbocycles. The van der Waals surface area contributed by atoms with Crippen LogP contribution >= 0.6 is 11.6 Å². The van der Waals surface area contributed by atoms with Crippen LogP contribution in [0.4, 0.5) is 4.39 Å².